The third-order valence-electron chi connectivity index (χ3n) is 3.67. The molecule has 2 N–H and O–H groups in total. The van der Waals surface area contributed by atoms with Crippen molar-refractivity contribution in [3.05, 3.63) is 83.3 Å². The molecule has 0 atom stereocenters. The molecule has 1 aromatic heterocycles. The second-order valence-corrected chi connectivity index (χ2v) is 5.74. The summed E-state index contributed by atoms with van der Waals surface area (Å²) in [6, 6.07) is 17.5. The van der Waals surface area contributed by atoms with E-state index in [0.717, 1.165) is 17.3 Å². The number of nitrogens with zero attached hydrogens (tertiary/aromatic N) is 3. The third kappa shape index (κ3) is 5.25. The average Bonchev–Trinajstić information content (AvgIpc) is 2.73. The van der Waals surface area contributed by atoms with Crippen LogP contribution in [-0.4, -0.2) is 16.0 Å². The summed E-state index contributed by atoms with van der Waals surface area (Å²) >= 11 is 0. The van der Waals surface area contributed by atoms with Crippen molar-refractivity contribution >= 4 is 11.8 Å². The number of amides is 2. The third-order valence-corrected chi connectivity index (χ3v) is 3.67. The number of ether oxygens (including phenoxy) is 1. The Morgan fingerprint density at radius 3 is 2.71 bits per heavy atom. The highest BCUT2D eigenvalue weighted by Crippen LogP contribution is 2.15. The Bertz CT molecular complexity index is 1000. The van der Waals surface area contributed by atoms with E-state index in [2.05, 4.69) is 20.6 Å². The van der Waals surface area contributed by atoms with Gasteiger partial charge < -0.3 is 10.1 Å². The summed E-state index contributed by atoms with van der Waals surface area (Å²) in [5.41, 5.74) is 2.14. The first-order valence-electron chi connectivity index (χ1n) is 8.37. The summed E-state index contributed by atoms with van der Waals surface area (Å²) in [7, 11) is 0. The normalized spacial score (nSPS) is 10.0. The van der Waals surface area contributed by atoms with E-state index >= 15 is 0 Å². The molecule has 3 rings (SSSR count). The van der Waals surface area contributed by atoms with Crippen LogP contribution in [-0.2, 0) is 13.2 Å². The minimum atomic E-state index is -0.784. The van der Waals surface area contributed by atoms with Gasteiger partial charge in [-0.1, -0.05) is 42.5 Å². The topological polar surface area (TPSA) is 99.9 Å². The number of halogens is 1. The quantitative estimate of drug-likeness (QED) is 0.686. The van der Waals surface area contributed by atoms with Crippen LogP contribution in [0.3, 0.4) is 0 Å². The molecule has 0 bridgehead atoms. The first-order chi connectivity index (χ1) is 13.6. The minimum absolute atomic E-state index is 0.0953. The van der Waals surface area contributed by atoms with Crippen molar-refractivity contribution < 1.29 is 13.9 Å². The lowest BCUT2D eigenvalue weighted by molar-refractivity contribution is 0.251. The van der Waals surface area contributed by atoms with E-state index in [0.29, 0.717) is 5.56 Å². The Morgan fingerprint density at radius 1 is 1.14 bits per heavy atom. The molecule has 140 valence electrons. The highest BCUT2D eigenvalue weighted by atomic mass is 19.1. The monoisotopic (exact) mass is 377 g/mol. The summed E-state index contributed by atoms with van der Waals surface area (Å²) in [6.45, 7) is 0.388. The van der Waals surface area contributed by atoms with E-state index in [-0.39, 0.29) is 25.0 Å². The predicted molar refractivity (Wildman–Crippen MR) is 99.8 cm³/mol. The second-order valence-electron chi connectivity index (χ2n) is 5.74. The van der Waals surface area contributed by atoms with Crippen molar-refractivity contribution in [3.8, 4) is 12.1 Å². The van der Waals surface area contributed by atoms with Gasteiger partial charge in [0.25, 0.3) is 0 Å². The fraction of sp³-hybridized carbons (Fsp3) is 0.100. The molecule has 0 saturated heterocycles. The Morgan fingerprint density at radius 2 is 1.93 bits per heavy atom. The maximum Gasteiger partial charge on any atom is 0.320 e. The molecule has 2 aromatic carbocycles. The first-order valence-corrected chi connectivity index (χ1v) is 8.37. The number of hydrogen-bond donors (Lipinski definition) is 2. The highest BCUT2D eigenvalue weighted by molar-refractivity contribution is 5.88. The van der Waals surface area contributed by atoms with E-state index in [1.54, 1.807) is 24.3 Å². The van der Waals surface area contributed by atoms with Crippen LogP contribution in [0.25, 0.3) is 0 Å². The number of nitriles is 1. The molecule has 0 aliphatic rings. The van der Waals surface area contributed by atoms with E-state index in [1.165, 1.54) is 0 Å². The second kappa shape index (κ2) is 9.09. The minimum Gasteiger partial charge on any atom is -0.459 e. The maximum absolute atomic E-state index is 13.9. The lowest BCUT2D eigenvalue weighted by atomic mass is 10.1. The summed E-state index contributed by atoms with van der Waals surface area (Å²) in [5.74, 6) is -1.07. The summed E-state index contributed by atoms with van der Waals surface area (Å²) in [5, 5.41) is 13.9. The number of benzene rings is 2. The van der Waals surface area contributed by atoms with E-state index in [4.69, 9.17) is 10.00 Å². The zero-order valence-electron chi connectivity index (χ0n) is 14.7. The van der Waals surface area contributed by atoms with Crippen molar-refractivity contribution in [2.45, 2.75) is 13.2 Å². The van der Waals surface area contributed by atoms with Gasteiger partial charge in [0.05, 0.1) is 17.8 Å². The van der Waals surface area contributed by atoms with Crippen LogP contribution in [0.15, 0.2) is 60.8 Å². The van der Waals surface area contributed by atoms with Crippen LogP contribution in [0.5, 0.6) is 6.01 Å². The largest absolute Gasteiger partial charge is 0.459 e. The van der Waals surface area contributed by atoms with Gasteiger partial charge in [0, 0.05) is 6.54 Å². The number of aromatic nitrogens is 2. The van der Waals surface area contributed by atoms with E-state index < -0.39 is 11.8 Å². The van der Waals surface area contributed by atoms with Gasteiger partial charge in [-0.25, -0.2) is 14.2 Å². The number of hydrogen-bond acceptors (Lipinski definition) is 5. The van der Waals surface area contributed by atoms with Crippen molar-refractivity contribution in [2.24, 2.45) is 0 Å². The van der Waals surface area contributed by atoms with Gasteiger partial charge in [0.2, 0.25) is 0 Å². The van der Waals surface area contributed by atoms with Crippen molar-refractivity contribution in [1.29, 1.82) is 5.26 Å². The standard InChI is InChI=1S/C20H16FN5O2/c21-17-12-24-20(28-13-16-8-4-7-15(9-16)10-22)26-18(17)25-19(27)23-11-14-5-2-1-3-6-14/h1-9,12H,11,13H2,(H2,23,24,25,26,27). The summed E-state index contributed by atoms with van der Waals surface area (Å²) in [6.07, 6.45) is 0.918. The van der Waals surface area contributed by atoms with Gasteiger partial charge in [-0.05, 0) is 23.3 Å². The molecule has 0 aliphatic heterocycles. The van der Waals surface area contributed by atoms with Crippen LogP contribution < -0.4 is 15.4 Å². The zero-order valence-corrected chi connectivity index (χ0v) is 14.7. The Balaban J connectivity index is 1.59. The lowest BCUT2D eigenvalue weighted by Gasteiger charge is -2.09. The lowest BCUT2D eigenvalue weighted by Crippen LogP contribution is -2.29. The van der Waals surface area contributed by atoms with Gasteiger partial charge in [0.15, 0.2) is 11.6 Å². The fourth-order valence-corrected chi connectivity index (χ4v) is 2.32. The molecule has 0 spiro atoms. The number of anilines is 1. The van der Waals surface area contributed by atoms with Crippen LogP contribution in [0.4, 0.5) is 15.0 Å². The SMILES string of the molecule is N#Cc1cccc(COc2ncc(F)c(NC(=O)NCc3ccccc3)n2)c1. The molecule has 3 aromatic rings. The van der Waals surface area contributed by atoms with Crippen LogP contribution >= 0.6 is 0 Å². The number of urea groups is 1. The molecule has 1 heterocycles. The fourth-order valence-electron chi connectivity index (χ4n) is 2.32. The molecular weight excluding hydrogens is 361 g/mol. The first kappa shape index (κ1) is 18.8. The highest BCUT2D eigenvalue weighted by Gasteiger charge is 2.11. The van der Waals surface area contributed by atoms with Gasteiger partial charge in [-0.3, -0.25) is 5.32 Å². The number of rotatable bonds is 6. The maximum atomic E-state index is 13.9. The zero-order chi connectivity index (χ0) is 19.8. The molecule has 2 amide bonds. The molecule has 0 aliphatic carbocycles. The van der Waals surface area contributed by atoms with Gasteiger partial charge in [-0.15, -0.1) is 0 Å². The van der Waals surface area contributed by atoms with Crippen LogP contribution in [0.2, 0.25) is 0 Å². The molecule has 28 heavy (non-hydrogen) atoms. The van der Waals surface area contributed by atoms with Gasteiger partial charge in [0.1, 0.15) is 6.61 Å². The molecule has 8 heteroatoms. The average molecular weight is 377 g/mol. The van der Waals surface area contributed by atoms with Crippen molar-refractivity contribution in [3.63, 3.8) is 0 Å². The Labute approximate surface area is 160 Å². The number of carbonyl (C=O) groups excluding carboxylic acids is 1. The van der Waals surface area contributed by atoms with Crippen LogP contribution in [0.1, 0.15) is 16.7 Å². The summed E-state index contributed by atoms with van der Waals surface area (Å²) < 4.78 is 19.3. The molecular formula is C20H16FN5O2. The molecule has 0 unspecified atom stereocenters. The molecule has 0 saturated carbocycles. The van der Waals surface area contributed by atoms with Crippen molar-refractivity contribution in [2.75, 3.05) is 5.32 Å². The Hall–Kier alpha value is -3.99. The van der Waals surface area contributed by atoms with E-state index in [9.17, 15) is 9.18 Å². The van der Waals surface area contributed by atoms with Crippen molar-refractivity contribution in [1.82, 2.24) is 15.3 Å². The molecule has 0 fully saturated rings. The predicted octanol–water partition coefficient (Wildman–Crippen LogP) is 3.39. The van der Waals surface area contributed by atoms with E-state index in [1.807, 2.05) is 36.4 Å². The molecule has 7 nitrogen and oxygen atoms in total. The van der Waals surface area contributed by atoms with Gasteiger partial charge >= 0.3 is 12.0 Å². The smallest absolute Gasteiger partial charge is 0.320 e. The van der Waals surface area contributed by atoms with Crippen LogP contribution in [0, 0.1) is 17.1 Å². The number of carbonyl (C=O) groups is 1. The van der Waals surface area contributed by atoms with Gasteiger partial charge in [-0.2, -0.15) is 10.2 Å². The number of nitrogens with one attached hydrogen (secondary N) is 2. The Kier molecular flexibility index (Phi) is 6.10. The summed E-state index contributed by atoms with van der Waals surface area (Å²) in [4.78, 5) is 19.6. The molecule has 0 radical (unpaired) electrons.